The van der Waals surface area contributed by atoms with Crippen LogP contribution in [0.1, 0.15) is 32.6 Å². The van der Waals surface area contributed by atoms with E-state index in [-0.39, 0.29) is 0 Å². The summed E-state index contributed by atoms with van der Waals surface area (Å²) in [7, 11) is 0. The molecule has 0 fully saturated rings. The minimum Gasteiger partial charge on any atom is -0.494 e. The van der Waals surface area contributed by atoms with E-state index in [4.69, 9.17) is 10.5 Å². The van der Waals surface area contributed by atoms with E-state index in [1.165, 1.54) is 0 Å². The van der Waals surface area contributed by atoms with E-state index in [0.717, 1.165) is 25.7 Å². The summed E-state index contributed by atoms with van der Waals surface area (Å²) in [6.45, 7) is 1.78. The van der Waals surface area contributed by atoms with E-state index in [1.54, 1.807) is 24.3 Å². The van der Waals surface area contributed by atoms with Crippen molar-refractivity contribution in [3.05, 3.63) is 24.3 Å². The zero-order chi connectivity index (χ0) is 19.6. The summed E-state index contributed by atoms with van der Waals surface area (Å²) in [4.78, 5) is 22.5. The van der Waals surface area contributed by atoms with Gasteiger partial charge in [0, 0.05) is 11.8 Å². The first-order valence-electron chi connectivity index (χ1n) is 8.27. The second-order valence-electron chi connectivity index (χ2n) is 5.63. The number of carbonyl (C=O) groups excluding carboxylic acids is 2. The van der Waals surface area contributed by atoms with Gasteiger partial charge < -0.3 is 20.5 Å². The topological polar surface area (TPSA) is 90.7 Å². The number of rotatable bonds is 10. The summed E-state index contributed by atoms with van der Waals surface area (Å²) in [5.41, 5.74) is 5.81. The molecule has 0 aliphatic rings. The Balaban J connectivity index is 2.45. The van der Waals surface area contributed by atoms with Crippen molar-refractivity contribution in [1.82, 2.24) is 0 Å². The largest absolute Gasteiger partial charge is 0.494 e. The molecule has 1 aromatic rings. The monoisotopic (exact) mass is 376 g/mol. The van der Waals surface area contributed by atoms with Gasteiger partial charge in [0.15, 0.2) is 0 Å². The van der Waals surface area contributed by atoms with Gasteiger partial charge in [-0.05, 0) is 18.6 Å². The highest BCUT2D eigenvalue weighted by Gasteiger charge is 2.41. The lowest BCUT2D eigenvalue weighted by Crippen LogP contribution is -2.41. The van der Waals surface area contributed by atoms with E-state index in [9.17, 15) is 22.8 Å². The first kappa shape index (κ1) is 21.8. The molecule has 146 valence electrons. The molecular weight excluding hydrogens is 353 g/mol. The van der Waals surface area contributed by atoms with Crippen LogP contribution in [0.3, 0.4) is 0 Å². The van der Waals surface area contributed by atoms with Crippen LogP contribution in [0.2, 0.25) is 0 Å². The van der Waals surface area contributed by atoms with Crippen LogP contribution >= 0.6 is 0 Å². The standard InChI is InChI=1S/C17H23F3N2O4/c1-2-3-4-5-9-25-13-8-6-7-12(10-13)22-15(23)14(21)11-26-16(24)17(18,19)20/h6-8,10,14H,2-5,9,11,21H2,1H3,(H,22,23)/t14-/m1/s1. The normalized spacial score (nSPS) is 12.3. The molecule has 6 nitrogen and oxygen atoms in total. The zero-order valence-corrected chi connectivity index (χ0v) is 14.5. The maximum absolute atomic E-state index is 12.0. The molecule has 0 unspecified atom stereocenters. The average molecular weight is 376 g/mol. The maximum atomic E-state index is 12.0. The van der Waals surface area contributed by atoms with E-state index in [2.05, 4.69) is 17.0 Å². The third-order valence-corrected chi connectivity index (χ3v) is 3.33. The fourth-order valence-corrected chi connectivity index (χ4v) is 1.94. The Bertz CT molecular complexity index is 594. The Labute approximate surface area is 149 Å². The Morgan fingerprint density at radius 2 is 1.96 bits per heavy atom. The van der Waals surface area contributed by atoms with Gasteiger partial charge in [-0.1, -0.05) is 32.3 Å². The lowest BCUT2D eigenvalue weighted by atomic mass is 10.2. The van der Waals surface area contributed by atoms with Crippen LogP contribution < -0.4 is 15.8 Å². The molecule has 0 bridgehead atoms. The molecule has 3 N–H and O–H groups in total. The number of hydrogen-bond acceptors (Lipinski definition) is 5. The Morgan fingerprint density at radius 1 is 1.23 bits per heavy atom. The number of esters is 1. The van der Waals surface area contributed by atoms with E-state index >= 15 is 0 Å². The third-order valence-electron chi connectivity index (χ3n) is 3.33. The first-order valence-corrected chi connectivity index (χ1v) is 8.27. The molecule has 0 heterocycles. The van der Waals surface area contributed by atoms with Gasteiger partial charge >= 0.3 is 12.1 Å². The number of amides is 1. The number of unbranched alkanes of at least 4 members (excludes halogenated alkanes) is 3. The van der Waals surface area contributed by atoms with Gasteiger partial charge in [-0.3, -0.25) is 4.79 Å². The third kappa shape index (κ3) is 8.19. The fraction of sp³-hybridized carbons (Fsp3) is 0.529. The zero-order valence-electron chi connectivity index (χ0n) is 14.5. The van der Waals surface area contributed by atoms with Crippen molar-refractivity contribution < 1.29 is 32.2 Å². The molecule has 1 atom stereocenters. The molecule has 1 rings (SSSR count). The van der Waals surface area contributed by atoms with Crippen molar-refractivity contribution in [3.63, 3.8) is 0 Å². The molecule has 0 saturated carbocycles. The summed E-state index contributed by atoms with van der Waals surface area (Å²) >= 11 is 0. The highest BCUT2D eigenvalue weighted by molar-refractivity contribution is 5.95. The summed E-state index contributed by atoms with van der Waals surface area (Å²) < 4.78 is 45.6. The van der Waals surface area contributed by atoms with Crippen LogP contribution in [0.15, 0.2) is 24.3 Å². The van der Waals surface area contributed by atoms with Gasteiger partial charge in [0.2, 0.25) is 5.91 Å². The van der Waals surface area contributed by atoms with Crippen LogP contribution in [0, 0.1) is 0 Å². The first-order chi connectivity index (χ1) is 12.2. The van der Waals surface area contributed by atoms with E-state index < -0.39 is 30.7 Å². The molecule has 0 saturated heterocycles. The van der Waals surface area contributed by atoms with Gasteiger partial charge in [0.05, 0.1) is 6.61 Å². The summed E-state index contributed by atoms with van der Waals surface area (Å²) in [6.07, 6.45) is -0.881. The number of benzene rings is 1. The number of anilines is 1. The maximum Gasteiger partial charge on any atom is 0.490 e. The average Bonchev–Trinajstić information content (AvgIpc) is 2.58. The molecule has 0 aliphatic carbocycles. The molecule has 0 aromatic heterocycles. The van der Waals surface area contributed by atoms with Gasteiger partial charge in [0.25, 0.3) is 0 Å². The lowest BCUT2D eigenvalue weighted by Gasteiger charge is -2.14. The second-order valence-corrected chi connectivity index (χ2v) is 5.63. The number of nitrogens with one attached hydrogen (secondary N) is 1. The quantitative estimate of drug-likeness (QED) is 0.484. The fourth-order valence-electron chi connectivity index (χ4n) is 1.94. The van der Waals surface area contributed by atoms with Crippen molar-refractivity contribution in [1.29, 1.82) is 0 Å². The smallest absolute Gasteiger partial charge is 0.490 e. The molecule has 1 amide bonds. The number of nitrogens with two attached hydrogens (primary N) is 1. The van der Waals surface area contributed by atoms with Crippen LogP contribution in [0.4, 0.5) is 18.9 Å². The predicted molar refractivity (Wildman–Crippen MR) is 89.7 cm³/mol. The van der Waals surface area contributed by atoms with Crippen molar-refractivity contribution >= 4 is 17.6 Å². The van der Waals surface area contributed by atoms with Crippen molar-refractivity contribution in [2.24, 2.45) is 5.73 Å². The predicted octanol–water partition coefficient (Wildman–Crippen LogP) is 3.02. The Morgan fingerprint density at radius 3 is 2.62 bits per heavy atom. The highest BCUT2D eigenvalue weighted by atomic mass is 19.4. The minimum absolute atomic E-state index is 0.374. The molecular formula is C17H23F3N2O4. The minimum atomic E-state index is -5.13. The van der Waals surface area contributed by atoms with Crippen LogP contribution in [-0.2, 0) is 14.3 Å². The second kappa shape index (κ2) is 10.6. The van der Waals surface area contributed by atoms with Gasteiger partial charge in [-0.2, -0.15) is 13.2 Å². The van der Waals surface area contributed by atoms with Crippen LogP contribution in [-0.4, -0.2) is 37.3 Å². The molecule has 26 heavy (non-hydrogen) atoms. The number of carbonyl (C=O) groups is 2. The number of alkyl halides is 3. The van der Waals surface area contributed by atoms with Gasteiger partial charge in [-0.25, -0.2) is 4.79 Å². The molecule has 0 aliphatic heterocycles. The highest BCUT2D eigenvalue weighted by Crippen LogP contribution is 2.19. The van der Waals surface area contributed by atoms with E-state index in [1.807, 2.05) is 0 Å². The Hall–Kier alpha value is -2.29. The van der Waals surface area contributed by atoms with Gasteiger partial charge in [-0.15, -0.1) is 0 Å². The summed E-state index contributed by atoms with van der Waals surface area (Å²) in [5.74, 6) is -2.62. The van der Waals surface area contributed by atoms with Crippen molar-refractivity contribution in [2.75, 3.05) is 18.5 Å². The summed E-state index contributed by atoms with van der Waals surface area (Å²) in [5, 5.41) is 2.44. The molecule has 1 aromatic carbocycles. The molecule has 9 heteroatoms. The summed E-state index contributed by atoms with van der Waals surface area (Å²) in [6, 6.07) is 5.11. The Kier molecular flexibility index (Phi) is 8.91. The van der Waals surface area contributed by atoms with Crippen LogP contribution in [0.5, 0.6) is 5.75 Å². The SMILES string of the molecule is CCCCCCOc1cccc(NC(=O)[C@H](N)COC(=O)C(F)(F)F)c1. The molecule has 0 radical (unpaired) electrons. The number of hydrogen-bond donors (Lipinski definition) is 2. The molecule has 0 spiro atoms. The van der Waals surface area contributed by atoms with Gasteiger partial charge in [0.1, 0.15) is 18.4 Å². The lowest BCUT2D eigenvalue weighted by molar-refractivity contribution is -0.200. The number of halogens is 3. The van der Waals surface area contributed by atoms with Crippen molar-refractivity contribution in [2.45, 2.75) is 44.8 Å². The van der Waals surface area contributed by atoms with Crippen molar-refractivity contribution in [3.8, 4) is 5.75 Å². The van der Waals surface area contributed by atoms with E-state index in [0.29, 0.717) is 18.0 Å². The number of ether oxygens (including phenoxy) is 2. The van der Waals surface area contributed by atoms with Crippen LogP contribution in [0.25, 0.3) is 0 Å².